The number of carbonyl (C=O) groups is 1. The number of piperidine rings is 1. The van der Waals surface area contributed by atoms with Gasteiger partial charge in [0, 0.05) is 45.2 Å². The van der Waals surface area contributed by atoms with Gasteiger partial charge in [-0.1, -0.05) is 0 Å². The minimum absolute atomic E-state index is 0.0202. The van der Waals surface area contributed by atoms with Crippen LogP contribution in [0, 0.1) is 5.92 Å². The van der Waals surface area contributed by atoms with Gasteiger partial charge in [-0.05, 0) is 32.6 Å². The van der Waals surface area contributed by atoms with Crippen molar-refractivity contribution in [3.8, 4) is 0 Å². The highest BCUT2D eigenvalue weighted by molar-refractivity contribution is 5.79. The lowest BCUT2D eigenvalue weighted by Crippen LogP contribution is -2.49. The van der Waals surface area contributed by atoms with Crippen LogP contribution in [0.2, 0.25) is 0 Å². The van der Waals surface area contributed by atoms with E-state index in [1.165, 1.54) is 0 Å². The molecule has 6 heteroatoms. The molecule has 0 bridgehead atoms. The van der Waals surface area contributed by atoms with Crippen LogP contribution in [0.1, 0.15) is 32.6 Å². The summed E-state index contributed by atoms with van der Waals surface area (Å²) in [7, 11) is 1.95. The van der Waals surface area contributed by atoms with E-state index in [1.807, 2.05) is 18.9 Å². The van der Waals surface area contributed by atoms with Gasteiger partial charge in [0.15, 0.2) is 0 Å². The van der Waals surface area contributed by atoms with Crippen LogP contribution in [0.15, 0.2) is 18.6 Å². The van der Waals surface area contributed by atoms with Gasteiger partial charge in [-0.2, -0.15) is 0 Å². The van der Waals surface area contributed by atoms with E-state index in [1.54, 1.807) is 18.6 Å². The van der Waals surface area contributed by atoms with E-state index in [0.29, 0.717) is 6.04 Å². The maximum atomic E-state index is 12.8. The molecule has 2 aliphatic rings. The molecule has 2 saturated heterocycles. The fraction of sp³-hybridized carbons (Fsp3) is 0.706. The van der Waals surface area contributed by atoms with Gasteiger partial charge in [0.05, 0.1) is 18.2 Å². The van der Waals surface area contributed by atoms with E-state index in [0.717, 1.165) is 51.2 Å². The van der Waals surface area contributed by atoms with Gasteiger partial charge < -0.3 is 14.5 Å². The van der Waals surface area contributed by atoms with Gasteiger partial charge in [-0.3, -0.25) is 9.78 Å². The van der Waals surface area contributed by atoms with Crippen LogP contribution in [0.25, 0.3) is 0 Å². The van der Waals surface area contributed by atoms with Crippen LogP contribution in [0.4, 0.5) is 5.82 Å². The Kier molecular flexibility index (Phi) is 5.10. The smallest absolute Gasteiger partial charge is 0.228 e. The summed E-state index contributed by atoms with van der Waals surface area (Å²) in [5.41, 5.74) is 0. The van der Waals surface area contributed by atoms with Crippen LogP contribution in [-0.2, 0) is 9.53 Å². The maximum Gasteiger partial charge on any atom is 0.228 e. The normalized spacial score (nSPS) is 26.1. The number of hydrogen-bond acceptors (Lipinski definition) is 5. The number of carbonyl (C=O) groups excluding carboxylic acids is 1. The lowest BCUT2D eigenvalue weighted by Gasteiger charge is -2.39. The Balaban J connectivity index is 1.55. The Morgan fingerprint density at radius 3 is 2.74 bits per heavy atom. The van der Waals surface area contributed by atoms with Crippen molar-refractivity contribution in [2.45, 2.75) is 44.8 Å². The molecule has 1 aromatic rings. The molecule has 1 aromatic heterocycles. The number of anilines is 1. The van der Waals surface area contributed by atoms with Crippen LogP contribution in [-0.4, -0.2) is 59.7 Å². The quantitative estimate of drug-likeness (QED) is 0.849. The minimum atomic E-state index is 0.0202. The molecule has 1 amide bonds. The highest BCUT2D eigenvalue weighted by atomic mass is 16.5. The summed E-state index contributed by atoms with van der Waals surface area (Å²) in [6.07, 6.45) is 9.14. The molecule has 0 aliphatic carbocycles. The summed E-state index contributed by atoms with van der Waals surface area (Å²) in [5, 5.41) is 0. The summed E-state index contributed by atoms with van der Waals surface area (Å²) < 4.78 is 5.65. The van der Waals surface area contributed by atoms with Gasteiger partial charge in [-0.25, -0.2) is 4.98 Å². The summed E-state index contributed by atoms with van der Waals surface area (Å²) in [6, 6.07) is 0.310. The first-order valence-corrected chi connectivity index (χ1v) is 8.56. The largest absolute Gasteiger partial charge is 0.378 e. The Bertz CT molecular complexity index is 517. The fourth-order valence-corrected chi connectivity index (χ4v) is 3.63. The summed E-state index contributed by atoms with van der Waals surface area (Å²) >= 11 is 0. The van der Waals surface area contributed by atoms with Gasteiger partial charge in [0.1, 0.15) is 5.82 Å². The molecule has 2 aliphatic heterocycles. The highest BCUT2D eigenvalue weighted by Gasteiger charge is 2.34. The second-order valence-electron chi connectivity index (χ2n) is 6.56. The zero-order chi connectivity index (χ0) is 16.2. The van der Waals surface area contributed by atoms with Gasteiger partial charge in [0.25, 0.3) is 0 Å². The fourth-order valence-electron chi connectivity index (χ4n) is 3.63. The highest BCUT2D eigenvalue weighted by Crippen LogP contribution is 2.26. The summed E-state index contributed by atoms with van der Waals surface area (Å²) in [5.74, 6) is 1.19. The Morgan fingerprint density at radius 2 is 2.09 bits per heavy atom. The number of ether oxygens (including phenoxy) is 1. The average Bonchev–Trinajstić information content (AvgIpc) is 2.62. The van der Waals surface area contributed by atoms with Crippen LogP contribution >= 0.6 is 0 Å². The zero-order valence-corrected chi connectivity index (χ0v) is 14.0. The monoisotopic (exact) mass is 318 g/mol. The predicted molar refractivity (Wildman–Crippen MR) is 88.2 cm³/mol. The number of nitrogens with zero attached hydrogens (tertiary/aromatic N) is 4. The van der Waals surface area contributed by atoms with Crippen molar-refractivity contribution < 1.29 is 9.53 Å². The van der Waals surface area contributed by atoms with E-state index >= 15 is 0 Å². The lowest BCUT2D eigenvalue weighted by atomic mass is 9.92. The van der Waals surface area contributed by atoms with E-state index in [4.69, 9.17) is 4.74 Å². The first kappa shape index (κ1) is 16.2. The second-order valence-corrected chi connectivity index (χ2v) is 6.56. The summed E-state index contributed by atoms with van der Waals surface area (Å²) in [4.78, 5) is 25.5. The Hall–Kier alpha value is -1.69. The first-order valence-electron chi connectivity index (χ1n) is 8.56. The topological polar surface area (TPSA) is 58.6 Å². The van der Waals surface area contributed by atoms with Crippen molar-refractivity contribution in [2.24, 2.45) is 5.92 Å². The number of aromatic nitrogens is 2. The Labute approximate surface area is 137 Å². The van der Waals surface area contributed by atoms with E-state index < -0.39 is 0 Å². The number of amides is 1. The zero-order valence-electron chi connectivity index (χ0n) is 14.0. The van der Waals surface area contributed by atoms with Gasteiger partial charge in [-0.15, -0.1) is 0 Å². The third-order valence-electron chi connectivity index (χ3n) is 5.16. The van der Waals surface area contributed by atoms with Crippen LogP contribution in [0.5, 0.6) is 0 Å². The van der Waals surface area contributed by atoms with E-state index in [2.05, 4.69) is 14.9 Å². The molecule has 6 nitrogen and oxygen atoms in total. The third kappa shape index (κ3) is 3.63. The molecule has 0 unspecified atom stereocenters. The first-order chi connectivity index (χ1) is 11.2. The summed E-state index contributed by atoms with van der Waals surface area (Å²) in [6.45, 7) is 4.63. The van der Waals surface area contributed by atoms with Crippen molar-refractivity contribution in [1.29, 1.82) is 0 Å². The third-order valence-corrected chi connectivity index (χ3v) is 5.16. The molecule has 126 valence electrons. The minimum Gasteiger partial charge on any atom is -0.378 e. The SMILES string of the molecule is C[C@@H]1OCCC[C@@H]1C(=O)N(C)C1CCN(c2cnccn2)CC1. The number of hydrogen-bond donors (Lipinski definition) is 0. The van der Waals surface area contributed by atoms with E-state index in [-0.39, 0.29) is 17.9 Å². The number of rotatable bonds is 3. The Morgan fingerprint density at radius 1 is 1.30 bits per heavy atom. The molecule has 3 heterocycles. The second kappa shape index (κ2) is 7.25. The molecule has 3 rings (SSSR count). The van der Waals surface area contributed by atoms with Gasteiger partial charge >= 0.3 is 0 Å². The molecular formula is C17H26N4O2. The van der Waals surface area contributed by atoms with Crippen molar-refractivity contribution in [2.75, 3.05) is 31.6 Å². The van der Waals surface area contributed by atoms with Crippen molar-refractivity contribution >= 4 is 11.7 Å². The molecule has 0 aromatic carbocycles. The average molecular weight is 318 g/mol. The lowest BCUT2D eigenvalue weighted by molar-refractivity contribution is -0.145. The molecule has 2 fully saturated rings. The molecule has 2 atom stereocenters. The van der Waals surface area contributed by atoms with Crippen LogP contribution in [0.3, 0.4) is 0 Å². The molecule has 0 radical (unpaired) electrons. The van der Waals surface area contributed by atoms with E-state index in [9.17, 15) is 4.79 Å². The molecule has 0 N–H and O–H groups in total. The predicted octanol–water partition coefficient (Wildman–Crippen LogP) is 1.72. The van der Waals surface area contributed by atoms with Crippen molar-refractivity contribution in [1.82, 2.24) is 14.9 Å². The maximum absolute atomic E-state index is 12.8. The molecular weight excluding hydrogens is 292 g/mol. The van der Waals surface area contributed by atoms with Gasteiger partial charge in [0.2, 0.25) is 5.91 Å². The molecule has 23 heavy (non-hydrogen) atoms. The molecule has 0 spiro atoms. The van der Waals surface area contributed by atoms with Crippen molar-refractivity contribution in [3.63, 3.8) is 0 Å². The standard InChI is InChI=1S/C17H26N4O2/c1-13-15(4-3-11-23-13)17(22)20(2)14-5-9-21(10-6-14)16-12-18-7-8-19-16/h7-8,12-15H,3-6,9-11H2,1-2H3/t13-,15-/m0/s1. The van der Waals surface area contributed by atoms with Crippen LogP contribution < -0.4 is 4.90 Å². The van der Waals surface area contributed by atoms with Crippen molar-refractivity contribution in [3.05, 3.63) is 18.6 Å². The molecule has 0 saturated carbocycles.